The summed E-state index contributed by atoms with van der Waals surface area (Å²) in [6, 6.07) is 3.87. The van der Waals surface area contributed by atoms with Crippen molar-refractivity contribution in [2.45, 2.75) is 52.1 Å². The van der Waals surface area contributed by atoms with Gasteiger partial charge in [-0.15, -0.1) is 11.3 Å². The summed E-state index contributed by atoms with van der Waals surface area (Å²) in [5.41, 5.74) is 0. The van der Waals surface area contributed by atoms with Crippen LogP contribution in [0.15, 0.2) is 12.1 Å². The lowest BCUT2D eigenvalue weighted by Gasteiger charge is -2.18. The third-order valence-corrected chi connectivity index (χ3v) is 4.20. The van der Waals surface area contributed by atoms with Crippen LogP contribution in [0.1, 0.15) is 49.4 Å². The van der Waals surface area contributed by atoms with Crippen molar-refractivity contribution in [1.29, 1.82) is 0 Å². The van der Waals surface area contributed by atoms with Crippen LogP contribution in [0.3, 0.4) is 0 Å². The molecule has 4 heteroatoms. The molecule has 1 heterocycles. The second-order valence-corrected chi connectivity index (χ2v) is 5.43. The van der Waals surface area contributed by atoms with Crippen LogP contribution < -0.4 is 5.32 Å². The average molecular weight is 255 g/mol. The number of thiophene rings is 1. The molecule has 1 aromatic rings. The highest BCUT2D eigenvalue weighted by atomic mass is 32.1. The summed E-state index contributed by atoms with van der Waals surface area (Å²) in [6.45, 7) is 6.16. The fraction of sp³-hybridized carbons (Fsp3) is 0.615. The van der Waals surface area contributed by atoms with Gasteiger partial charge in [-0.25, -0.2) is 0 Å². The summed E-state index contributed by atoms with van der Waals surface area (Å²) in [7, 11) is 0. The molecule has 2 unspecified atom stereocenters. The number of hydrogen-bond acceptors (Lipinski definition) is 3. The Morgan fingerprint density at radius 3 is 2.65 bits per heavy atom. The summed E-state index contributed by atoms with van der Waals surface area (Å²) >= 11 is 1.76. The van der Waals surface area contributed by atoms with Gasteiger partial charge in [-0.05, 0) is 31.9 Å². The third-order valence-electron chi connectivity index (χ3n) is 2.78. The molecule has 0 saturated heterocycles. The lowest BCUT2D eigenvalue weighted by atomic mass is 10.1. The number of aliphatic carboxylic acids is 1. The molecule has 0 spiro atoms. The van der Waals surface area contributed by atoms with E-state index >= 15 is 0 Å². The molecule has 96 valence electrons. The standard InChI is InChI=1S/C13H21NO2S/c1-4-6-11(13(15)16)14-9(3)12-8-7-10(5-2)17-12/h7-9,11,14H,4-6H2,1-3H3,(H,15,16). The van der Waals surface area contributed by atoms with Gasteiger partial charge in [0.05, 0.1) is 0 Å². The second kappa shape index (κ2) is 6.77. The molecular formula is C13H21NO2S. The number of aryl methyl sites for hydroxylation is 1. The van der Waals surface area contributed by atoms with Crippen LogP contribution >= 0.6 is 11.3 Å². The monoisotopic (exact) mass is 255 g/mol. The van der Waals surface area contributed by atoms with Crippen molar-refractivity contribution in [1.82, 2.24) is 5.32 Å². The maximum Gasteiger partial charge on any atom is 0.320 e. The van der Waals surface area contributed by atoms with Crippen LogP contribution in [0.4, 0.5) is 0 Å². The Balaban J connectivity index is 2.62. The van der Waals surface area contributed by atoms with Gasteiger partial charge in [0.25, 0.3) is 0 Å². The minimum Gasteiger partial charge on any atom is -0.480 e. The number of carboxylic acids is 1. The van der Waals surface area contributed by atoms with E-state index in [9.17, 15) is 4.79 Å². The molecule has 2 N–H and O–H groups in total. The number of hydrogen-bond donors (Lipinski definition) is 2. The third kappa shape index (κ3) is 4.13. The molecule has 1 aromatic heterocycles. The van der Waals surface area contributed by atoms with Gasteiger partial charge in [-0.3, -0.25) is 10.1 Å². The molecule has 3 nitrogen and oxygen atoms in total. The molecule has 1 rings (SSSR count). The Morgan fingerprint density at radius 2 is 2.18 bits per heavy atom. The van der Waals surface area contributed by atoms with Gasteiger partial charge in [0.2, 0.25) is 0 Å². The molecule has 2 atom stereocenters. The average Bonchev–Trinajstić information content (AvgIpc) is 2.76. The van der Waals surface area contributed by atoms with Gasteiger partial charge in [0.15, 0.2) is 0 Å². The minimum atomic E-state index is -0.758. The zero-order valence-electron chi connectivity index (χ0n) is 10.7. The Hall–Kier alpha value is -0.870. The Morgan fingerprint density at radius 1 is 1.47 bits per heavy atom. The van der Waals surface area contributed by atoms with Gasteiger partial charge in [-0.1, -0.05) is 20.3 Å². The minimum absolute atomic E-state index is 0.105. The molecule has 0 saturated carbocycles. The van der Waals surface area contributed by atoms with Crippen molar-refractivity contribution in [3.8, 4) is 0 Å². The van der Waals surface area contributed by atoms with Crippen LogP contribution in [0.2, 0.25) is 0 Å². The van der Waals surface area contributed by atoms with Crippen LogP contribution in [-0.2, 0) is 11.2 Å². The van der Waals surface area contributed by atoms with Crippen LogP contribution in [0.5, 0.6) is 0 Å². The first kappa shape index (κ1) is 14.2. The van der Waals surface area contributed by atoms with E-state index in [-0.39, 0.29) is 6.04 Å². The van der Waals surface area contributed by atoms with E-state index in [1.807, 2.05) is 13.8 Å². The van der Waals surface area contributed by atoms with Crippen molar-refractivity contribution >= 4 is 17.3 Å². The van der Waals surface area contributed by atoms with Gasteiger partial charge in [0.1, 0.15) is 6.04 Å². The topological polar surface area (TPSA) is 49.3 Å². The van der Waals surface area contributed by atoms with Crippen LogP contribution in [0.25, 0.3) is 0 Å². The lowest BCUT2D eigenvalue weighted by Crippen LogP contribution is -2.37. The van der Waals surface area contributed by atoms with E-state index in [1.165, 1.54) is 9.75 Å². The van der Waals surface area contributed by atoms with E-state index < -0.39 is 12.0 Å². The molecule has 0 aliphatic heterocycles. The summed E-state index contributed by atoms with van der Waals surface area (Å²) in [5, 5.41) is 12.3. The summed E-state index contributed by atoms with van der Waals surface area (Å²) in [5.74, 6) is -0.758. The van der Waals surface area contributed by atoms with Gasteiger partial charge in [0, 0.05) is 15.8 Å². The highest BCUT2D eigenvalue weighted by Gasteiger charge is 2.19. The van der Waals surface area contributed by atoms with Crippen molar-refractivity contribution < 1.29 is 9.90 Å². The normalized spacial score (nSPS) is 14.5. The molecule has 0 fully saturated rings. The van der Waals surface area contributed by atoms with Crippen LogP contribution in [0, 0.1) is 0 Å². The number of nitrogens with one attached hydrogen (secondary N) is 1. The number of rotatable bonds is 7. The Kier molecular flexibility index (Phi) is 5.65. The highest BCUT2D eigenvalue weighted by Crippen LogP contribution is 2.24. The quantitative estimate of drug-likeness (QED) is 0.786. The smallest absolute Gasteiger partial charge is 0.320 e. The Bertz CT molecular complexity index is 362. The van der Waals surface area contributed by atoms with Gasteiger partial charge < -0.3 is 5.11 Å². The fourth-order valence-electron chi connectivity index (χ4n) is 1.77. The largest absolute Gasteiger partial charge is 0.480 e. The molecule has 0 aromatic carbocycles. The first-order chi connectivity index (χ1) is 8.08. The maximum absolute atomic E-state index is 11.1. The van der Waals surface area contributed by atoms with E-state index in [4.69, 9.17) is 5.11 Å². The van der Waals surface area contributed by atoms with Crippen molar-refractivity contribution in [3.05, 3.63) is 21.9 Å². The molecule has 0 bridgehead atoms. The Labute approximate surface area is 107 Å². The predicted octanol–water partition coefficient (Wildman–Crippen LogP) is 3.21. The predicted molar refractivity (Wildman–Crippen MR) is 71.6 cm³/mol. The lowest BCUT2D eigenvalue weighted by molar-refractivity contribution is -0.139. The molecule has 0 aliphatic rings. The fourth-order valence-corrected chi connectivity index (χ4v) is 2.73. The SMILES string of the molecule is CCCC(NC(C)c1ccc(CC)s1)C(=O)O. The first-order valence-electron chi connectivity index (χ1n) is 6.15. The van der Waals surface area contributed by atoms with Crippen molar-refractivity contribution in [2.24, 2.45) is 0 Å². The van der Waals surface area contributed by atoms with Crippen molar-refractivity contribution in [2.75, 3.05) is 0 Å². The van der Waals surface area contributed by atoms with E-state index in [1.54, 1.807) is 11.3 Å². The molecular weight excluding hydrogens is 234 g/mol. The summed E-state index contributed by atoms with van der Waals surface area (Å²) < 4.78 is 0. The highest BCUT2D eigenvalue weighted by molar-refractivity contribution is 7.12. The number of carboxylic acid groups (broad SMARTS) is 1. The zero-order valence-corrected chi connectivity index (χ0v) is 11.5. The first-order valence-corrected chi connectivity index (χ1v) is 6.97. The van der Waals surface area contributed by atoms with Crippen molar-refractivity contribution in [3.63, 3.8) is 0 Å². The maximum atomic E-state index is 11.1. The second-order valence-electron chi connectivity index (χ2n) is 4.23. The van der Waals surface area contributed by atoms with E-state index in [2.05, 4.69) is 24.4 Å². The molecule has 0 aliphatic carbocycles. The van der Waals surface area contributed by atoms with E-state index in [0.717, 1.165) is 12.8 Å². The number of carbonyl (C=O) groups is 1. The molecule has 0 radical (unpaired) electrons. The summed E-state index contributed by atoms with van der Waals surface area (Å²) in [6.07, 6.45) is 2.59. The van der Waals surface area contributed by atoms with E-state index in [0.29, 0.717) is 6.42 Å². The zero-order chi connectivity index (χ0) is 12.8. The summed E-state index contributed by atoms with van der Waals surface area (Å²) in [4.78, 5) is 13.6. The van der Waals surface area contributed by atoms with Crippen LogP contribution in [-0.4, -0.2) is 17.1 Å². The van der Waals surface area contributed by atoms with Gasteiger partial charge in [-0.2, -0.15) is 0 Å². The molecule has 0 amide bonds. The molecule has 17 heavy (non-hydrogen) atoms. The van der Waals surface area contributed by atoms with Gasteiger partial charge >= 0.3 is 5.97 Å².